The van der Waals surface area contributed by atoms with E-state index in [9.17, 15) is 14.4 Å². The second-order valence-corrected chi connectivity index (χ2v) is 3.46. The number of nitriles is 1. The Bertz CT molecular complexity index is 599. The molecule has 0 fully saturated rings. The lowest BCUT2D eigenvalue weighted by Crippen LogP contribution is -2.10. The highest BCUT2D eigenvalue weighted by Gasteiger charge is 2.19. The van der Waals surface area contributed by atoms with Gasteiger partial charge in [0.05, 0.1) is 11.1 Å². The molecule has 0 aliphatic carbocycles. The summed E-state index contributed by atoms with van der Waals surface area (Å²) < 4.78 is 9.52. The number of carboxylic acid groups (broad SMARTS) is 1. The summed E-state index contributed by atoms with van der Waals surface area (Å²) in [7, 11) is 0. The summed E-state index contributed by atoms with van der Waals surface area (Å²) in [6.45, 7) is 2.20. The van der Waals surface area contributed by atoms with Gasteiger partial charge in [-0.2, -0.15) is 5.26 Å². The van der Waals surface area contributed by atoms with Crippen LogP contribution in [0.3, 0.4) is 0 Å². The van der Waals surface area contributed by atoms with Gasteiger partial charge in [0, 0.05) is 13.8 Å². The Morgan fingerprint density at radius 2 is 1.74 bits per heavy atom. The van der Waals surface area contributed by atoms with Crippen LogP contribution in [0.4, 0.5) is 0 Å². The van der Waals surface area contributed by atoms with Gasteiger partial charge in [0.1, 0.15) is 6.07 Å². The van der Waals surface area contributed by atoms with Crippen LogP contribution < -0.4 is 9.47 Å². The van der Waals surface area contributed by atoms with Crippen LogP contribution in [0.25, 0.3) is 0 Å². The minimum Gasteiger partial charge on any atom is -0.478 e. The van der Waals surface area contributed by atoms with E-state index >= 15 is 0 Å². The molecule has 0 saturated heterocycles. The van der Waals surface area contributed by atoms with Crippen molar-refractivity contribution in [1.29, 1.82) is 5.26 Å². The lowest BCUT2D eigenvalue weighted by Gasteiger charge is -2.10. The van der Waals surface area contributed by atoms with Crippen LogP contribution in [0.15, 0.2) is 12.1 Å². The zero-order valence-corrected chi connectivity index (χ0v) is 10.1. The van der Waals surface area contributed by atoms with Gasteiger partial charge in [-0.25, -0.2) is 4.79 Å². The second-order valence-electron chi connectivity index (χ2n) is 3.46. The maximum Gasteiger partial charge on any atom is 0.335 e. The second kappa shape index (κ2) is 5.64. The van der Waals surface area contributed by atoms with Crippen LogP contribution in [0, 0.1) is 11.3 Å². The molecule has 0 amide bonds. The summed E-state index contributed by atoms with van der Waals surface area (Å²) in [5.41, 5.74) is -0.477. The number of aromatic carboxylic acids is 1. The molecule has 7 heteroatoms. The van der Waals surface area contributed by atoms with Crippen LogP contribution in [0.5, 0.6) is 11.5 Å². The summed E-state index contributed by atoms with van der Waals surface area (Å²) in [6, 6.07) is 3.70. The largest absolute Gasteiger partial charge is 0.478 e. The summed E-state index contributed by atoms with van der Waals surface area (Å²) in [5, 5.41) is 17.8. The minimum absolute atomic E-state index is 0.216. The highest BCUT2D eigenvalue weighted by Crippen LogP contribution is 2.33. The molecule has 1 rings (SSSR count). The maximum absolute atomic E-state index is 10.9. The fourth-order valence-corrected chi connectivity index (χ4v) is 1.29. The quantitative estimate of drug-likeness (QED) is 0.641. The van der Waals surface area contributed by atoms with Gasteiger partial charge in [-0.05, 0) is 12.1 Å². The number of hydrogen-bond donors (Lipinski definition) is 1. The molecule has 7 nitrogen and oxygen atoms in total. The predicted octanol–water partition coefficient (Wildman–Crippen LogP) is 1.11. The smallest absolute Gasteiger partial charge is 0.335 e. The van der Waals surface area contributed by atoms with Gasteiger partial charge in [0.25, 0.3) is 0 Å². The molecular formula is C12H9NO6. The van der Waals surface area contributed by atoms with Crippen LogP contribution in [-0.2, 0) is 9.59 Å². The summed E-state index contributed by atoms with van der Waals surface area (Å²) >= 11 is 0. The highest BCUT2D eigenvalue weighted by molar-refractivity contribution is 5.90. The topological polar surface area (TPSA) is 114 Å². The van der Waals surface area contributed by atoms with Crippen molar-refractivity contribution in [3.05, 3.63) is 23.3 Å². The van der Waals surface area contributed by atoms with Gasteiger partial charge < -0.3 is 14.6 Å². The van der Waals surface area contributed by atoms with Crippen LogP contribution in [0.2, 0.25) is 0 Å². The van der Waals surface area contributed by atoms with Crippen LogP contribution >= 0.6 is 0 Å². The third kappa shape index (κ3) is 3.54. The Labute approximate surface area is 108 Å². The van der Waals surface area contributed by atoms with Crippen molar-refractivity contribution < 1.29 is 29.0 Å². The number of nitrogens with zero attached hydrogens (tertiary/aromatic N) is 1. The number of ether oxygens (including phenoxy) is 2. The molecule has 0 unspecified atom stereocenters. The van der Waals surface area contributed by atoms with Gasteiger partial charge >= 0.3 is 17.9 Å². The van der Waals surface area contributed by atoms with E-state index in [2.05, 4.69) is 0 Å². The van der Waals surface area contributed by atoms with Gasteiger partial charge in [0.15, 0.2) is 11.5 Å². The molecule has 0 aliphatic rings. The Balaban J connectivity index is 3.47. The fourth-order valence-electron chi connectivity index (χ4n) is 1.29. The van der Waals surface area contributed by atoms with Gasteiger partial charge in [-0.3, -0.25) is 9.59 Å². The molecule has 1 aromatic rings. The Hall–Kier alpha value is -2.88. The number of carbonyl (C=O) groups is 3. The third-order valence-corrected chi connectivity index (χ3v) is 1.92. The summed E-state index contributed by atoms with van der Waals surface area (Å²) in [6.07, 6.45) is 0. The van der Waals surface area contributed by atoms with Crippen molar-refractivity contribution in [2.75, 3.05) is 0 Å². The summed E-state index contributed by atoms with van der Waals surface area (Å²) in [5.74, 6) is -3.35. The predicted molar refractivity (Wildman–Crippen MR) is 60.7 cm³/mol. The average Bonchev–Trinajstić information content (AvgIpc) is 2.29. The zero-order valence-electron chi connectivity index (χ0n) is 10.1. The van der Waals surface area contributed by atoms with E-state index < -0.39 is 17.9 Å². The average molecular weight is 263 g/mol. The van der Waals surface area contributed by atoms with Gasteiger partial charge in [-0.1, -0.05) is 0 Å². The molecule has 0 spiro atoms. The van der Waals surface area contributed by atoms with Gasteiger partial charge in [0.2, 0.25) is 0 Å². The fraction of sp³-hybridized carbons (Fsp3) is 0.167. The maximum atomic E-state index is 10.9. The van der Waals surface area contributed by atoms with Crippen molar-refractivity contribution in [2.24, 2.45) is 0 Å². The first-order chi connectivity index (χ1) is 8.85. The molecule has 0 saturated carbocycles. The molecular weight excluding hydrogens is 254 g/mol. The molecule has 19 heavy (non-hydrogen) atoms. The Kier molecular flexibility index (Phi) is 4.21. The summed E-state index contributed by atoms with van der Waals surface area (Å²) in [4.78, 5) is 32.8. The standard InChI is InChI=1S/C12H9NO6/c1-6(14)18-10-4-8(12(16)17)3-9(5-13)11(10)19-7(2)15/h3-4H,1-2H3,(H,16,17). The first kappa shape index (κ1) is 14.2. The molecule has 1 N–H and O–H groups in total. The van der Waals surface area contributed by atoms with Crippen molar-refractivity contribution in [2.45, 2.75) is 13.8 Å². The normalized spacial score (nSPS) is 9.32. The Morgan fingerprint density at radius 3 is 2.16 bits per heavy atom. The molecule has 98 valence electrons. The van der Waals surface area contributed by atoms with E-state index in [1.165, 1.54) is 0 Å². The number of rotatable bonds is 3. The van der Waals surface area contributed by atoms with E-state index in [4.69, 9.17) is 19.8 Å². The van der Waals surface area contributed by atoms with E-state index in [1.54, 1.807) is 6.07 Å². The highest BCUT2D eigenvalue weighted by atomic mass is 16.6. The lowest BCUT2D eigenvalue weighted by atomic mass is 10.1. The van der Waals surface area contributed by atoms with Crippen LogP contribution in [-0.4, -0.2) is 23.0 Å². The number of carbonyl (C=O) groups excluding carboxylic acids is 2. The van der Waals surface area contributed by atoms with Crippen molar-refractivity contribution >= 4 is 17.9 Å². The molecule has 0 aliphatic heterocycles. The molecule has 0 bridgehead atoms. The van der Waals surface area contributed by atoms with Crippen molar-refractivity contribution in [3.63, 3.8) is 0 Å². The number of carboxylic acids is 1. The molecule has 0 aromatic heterocycles. The number of esters is 2. The van der Waals surface area contributed by atoms with E-state index in [0.717, 1.165) is 26.0 Å². The molecule has 0 heterocycles. The molecule has 0 radical (unpaired) electrons. The van der Waals surface area contributed by atoms with Crippen molar-refractivity contribution in [1.82, 2.24) is 0 Å². The third-order valence-electron chi connectivity index (χ3n) is 1.92. The van der Waals surface area contributed by atoms with Gasteiger partial charge in [-0.15, -0.1) is 0 Å². The molecule has 1 aromatic carbocycles. The Morgan fingerprint density at radius 1 is 1.16 bits per heavy atom. The van der Waals surface area contributed by atoms with E-state index in [1.807, 2.05) is 0 Å². The first-order valence-electron chi connectivity index (χ1n) is 5.03. The van der Waals surface area contributed by atoms with E-state index in [-0.39, 0.29) is 22.6 Å². The van der Waals surface area contributed by atoms with E-state index in [0.29, 0.717) is 0 Å². The van der Waals surface area contributed by atoms with Crippen LogP contribution in [0.1, 0.15) is 29.8 Å². The zero-order chi connectivity index (χ0) is 14.6. The monoisotopic (exact) mass is 263 g/mol. The molecule has 0 atom stereocenters. The minimum atomic E-state index is -1.31. The SMILES string of the molecule is CC(=O)Oc1cc(C(=O)O)cc(C#N)c1OC(C)=O. The van der Waals surface area contributed by atoms with Crippen molar-refractivity contribution in [3.8, 4) is 17.6 Å². The lowest BCUT2D eigenvalue weighted by molar-refractivity contribution is -0.134. The first-order valence-corrected chi connectivity index (χ1v) is 5.03. The number of benzene rings is 1. The number of hydrogen-bond acceptors (Lipinski definition) is 6.